The number of nitrogens with one attached hydrogen (secondary N) is 2. The van der Waals surface area contributed by atoms with Crippen molar-refractivity contribution in [3.05, 3.63) is 78.9 Å². The van der Waals surface area contributed by atoms with E-state index >= 15 is 0 Å². The van der Waals surface area contributed by atoms with Crippen LogP contribution in [0.2, 0.25) is 0 Å². The van der Waals surface area contributed by atoms with E-state index in [4.69, 9.17) is 5.73 Å². The second-order valence-corrected chi connectivity index (χ2v) is 8.37. The zero-order valence-electron chi connectivity index (χ0n) is 18.7. The van der Waals surface area contributed by atoms with Crippen LogP contribution in [0.3, 0.4) is 0 Å². The highest BCUT2D eigenvalue weighted by Crippen LogP contribution is 2.40. The molecule has 1 aromatic heterocycles. The molecule has 1 saturated heterocycles. The van der Waals surface area contributed by atoms with Gasteiger partial charge in [0, 0.05) is 29.9 Å². The second-order valence-electron chi connectivity index (χ2n) is 8.37. The average Bonchev–Trinajstić information content (AvgIpc) is 3.54. The molecule has 7 nitrogen and oxygen atoms in total. The van der Waals surface area contributed by atoms with Crippen LogP contribution in [0.4, 0.5) is 11.5 Å². The van der Waals surface area contributed by atoms with Gasteiger partial charge < -0.3 is 16.0 Å². The van der Waals surface area contributed by atoms with Crippen molar-refractivity contribution in [2.24, 2.45) is 0 Å². The highest BCUT2D eigenvalue weighted by molar-refractivity contribution is 6.08. The second kappa shape index (κ2) is 8.86. The molecule has 5 rings (SSSR count). The molecule has 0 unspecified atom stereocenters. The van der Waals surface area contributed by atoms with Crippen LogP contribution in [0.1, 0.15) is 23.2 Å². The van der Waals surface area contributed by atoms with E-state index in [0.717, 1.165) is 59.1 Å². The van der Waals surface area contributed by atoms with E-state index in [1.54, 1.807) is 0 Å². The van der Waals surface area contributed by atoms with Crippen molar-refractivity contribution in [3.63, 3.8) is 0 Å². The Kier molecular flexibility index (Phi) is 5.59. The van der Waals surface area contributed by atoms with Crippen LogP contribution in [0, 0.1) is 0 Å². The normalized spacial score (nSPS) is 13.2. The smallest absolute Gasteiger partial charge is 0.253 e. The van der Waals surface area contributed by atoms with Crippen LogP contribution in [0.5, 0.6) is 0 Å². The summed E-state index contributed by atoms with van der Waals surface area (Å²) in [5.41, 5.74) is 12.3. The third-order valence-electron chi connectivity index (χ3n) is 6.22. The molecule has 3 aromatic carbocycles. The molecule has 170 valence electrons. The third-order valence-corrected chi connectivity index (χ3v) is 6.22. The molecule has 0 bridgehead atoms. The molecule has 0 aliphatic carbocycles. The Hall–Kier alpha value is -4.39. The Labute approximate surface area is 197 Å². The summed E-state index contributed by atoms with van der Waals surface area (Å²) in [5, 5.41) is 10.8. The lowest BCUT2D eigenvalue weighted by molar-refractivity contribution is -0.111. The lowest BCUT2D eigenvalue weighted by atomic mass is 9.91. The number of nitrogen functional groups attached to an aromatic ring is 1. The summed E-state index contributed by atoms with van der Waals surface area (Å²) in [5.74, 6) is 0.228. The third kappa shape index (κ3) is 3.92. The largest absolute Gasteiger partial charge is 0.382 e. The zero-order chi connectivity index (χ0) is 23.7. The first kappa shape index (κ1) is 21.5. The van der Waals surface area contributed by atoms with Gasteiger partial charge in [0.15, 0.2) is 5.82 Å². The van der Waals surface area contributed by atoms with Crippen LogP contribution >= 0.6 is 0 Å². The number of H-pyrrole nitrogens is 1. The standard InChI is InChI=1S/C27H25N5O2/c1-2-23(33)29-20-11-9-17(10-12-20)21-13-14-22-25(26(28)31-30-22)24(21)18-5-7-19(8-6-18)27(34)32-15-3-4-16-32/h2,5-14H,1,3-4,15-16H2,(H,29,33)(H3,28,30,31). The summed E-state index contributed by atoms with van der Waals surface area (Å²) in [7, 11) is 0. The van der Waals surface area contributed by atoms with Gasteiger partial charge in [-0.25, -0.2) is 0 Å². The number of likely N-dealkylation sites (tertiary alicyclic amines) is 1. The Morgan fingerprint density at radius 3 is 2.32 bits per heavy atom. The van der Waals surface area contributed by atoms with Gasteiger partial charge in [-0.15, -0.1) is 0 Å². The van der Waals surface area contributed by atoms with Crippen LogP contribution in [-0.4, -0.2) is 40.0 Å². The summed E-state index contributed by atoms with van der Waals surface area (Å²) < 4.78 is 0. The molecule has 1 fully saturated rings. The van der Waals surface area contributed by atoms with Gasteiger partial charge in [-0.3, -0.25) is 14.7 Å². The molecule has 2 heterocycles. The first-order valence-electron chi connectivity index (χ1n) is 11.3. The first-order valence-corrected chi connectivity index (χ1v) is 11.3. The zero-order valence-corrected chi connectivity index (χ0v) is 18.7. The number of fused-ring (bicyclic) bond motifs is 1. The number of benzene rings is 3. The fourth-order valence-corrected chi connectivity index (χ4v) is 4.49. The van der Waals surface area contributed by atoms with Crippen molar-refractivity contribution in [1.82, 2.24) is 15.1 Å². The van der Waals surface area contributed by atoms with Gasteiger partial charge in [0.05, 0.1) is 10.9 Å². The summed E-state index contributed by atoms with van der Waals surface area (Å²) in [6, 6.07) is 19.3. The van der Waals surface area contributed by atoms with Gasteiger partial charge in [0.25, 0.3) is 5.91 Å². The Balaban J connectivity index is 1.57. The maximum atomic E-state index is 12.8. The fourth-order valence-electron chi connectivity index (χ4n) is 4.49. The van der Waals surface area contributed by atoms with E-state index in [9.17, 15) is 9.59 Å². The summed E-state index contributed by atoms with van der Waals surface area (Å²) in [6.45, 7) is 5.12. The predicted octanol–water partition coefficient (Wildman–Crippen LogP) is 4.84. The minimum atomic E-state index is -0.260. The van der Waals surface area contributed by atoms with Gasteiger partial charge in [0.2, 0.25) is 5.91 Å². The summed E-state index contributed by atoms with van der Waals surface area (Å²) >= 11 is 0. The molecule has 34 heavy (non-hydrogen) atoms. The van der Waals surface area contributed by atoms with Crippen molar-refractivity contribution in [1.29, 1.82) is 0 Å². The molecule has 4 N–H and O–H groups in total. The molecular formula is C27H25N5O2. The predicted molar refractivity (Wildman–Crippen MR) is 135 cm³/mol. The van der Waals surface area contributed by atoms with Gasteiger partial charge >= 0.3 is 0 Å². The highest BCUT2D eigenvalue weighted by atomic mass is 16.2. The number of aromatic nitrogens is 2. The topological polar surface area (TPSA) is 104 Å². The number of carbonyl (C=O) groups excluding carboxylic acids is 2. The van der Waals surface area contributed by atoms with Crippen molar-refractivity contribution in [3.8, 4) is 22.3 Å². The van der Waals surface area contributed by atoms with E-state index in [-0.39, 0.29) is 11.8 Å². The molecule has 0 saturated carbocycles. The molecule has 2 amide bonds. The molecule has 0 radical (unpaired) electrons. The Morgan fingerprint density at radius 1 is 0.971 bits per heavy atom. The van der Waals surface area contributed by atoms with Crippen molar-refractivity contribution >= 4 is 34.2 Å². The molecule has 7 heteroatoms. The molecule has 0 atom stereocenters. The van der Waals surface area contributed by atoms with E-state index in [1.165, 1.54) is 6.08 Å². The lowest BCUT2D eigenvalue weighted by Gasteiger charge is -2.16. The number of hydrogen-bond acceptors (Lipinski definition) is 4. The highest BCUT2D eigenvalue weighted by Gasteiger charge is 2.20. The van der Waals surface area contributed by atoms with Crippen LogP contribution in [0.15, 0.2) is 73.3 Å². The SMILES string of the molecule is C=CC(=O)Nc1ccc(-c2ccc3[nH]nc(N)c3c2-c2ccc(C(=O)N3CCCC3)cc2)cc1. The number of amides is 2. The fraction of sp³-hybridized carbons (Fsp3) is 0.148. The summed E-state index contributed by atoms with van der Waals surface area (Å²) in [6.07, 6.45) is 3.36. The number of hydrogen-bond donors (Lipinski definition) is 3. The van der Waals surface area contributed by atoms with Crippen LogP contribution < -0.4 is 11.1 Å². The van der Waals surface area contributed by atoms with Gasteiger partial charge in [-0.2, -0.15) is 5.10 Å². The monoisotopic (exact) mass is 451 g/mol. The lowest BCUT2D eigenvalue weighted by Crippen LogP contribution is -2.27. The Morgan fingerprint density at radius 2 is 1.65 bits per heavy atom. The summed E-state index contributed by atoms with van der Waals surface area (Å²) in [4.78, 5) is 26.3. The van der Waals surface area contributed by atoms with Gasteiger partial charge in [-0.05, 0) is 65.9 Å². The van der Waals surface area contributed by atoms with Crippen molar-refractivity contribution in [2.75, 3.05) is 24.1 Å². The number of nitrogens with zero attached hydrogens (tertiary/aromatic N) is 2. The number of nitrogens with two attached hydrogens (primary N) is 1. The quantitative estimate of drug-likeness (QED) is 0.378. The minimum absolute atomic E-state index is 0.0717. The molecule has 4 aromatic rings. The van der Waals surface area contributed by atoms with E-state index in [0.29, 0.717) is 17.1 Å². The molecule has 0 spiro atoms. The number of aromatic amines is 1. The molecule has 1 aliphatic heterocycles. The molecular weight excluding hydrogens is 426 g/mol. The minimum Gasteiger partial charge on any atom is -0.382 e. The number of anilines is 2. The molecule has 1 aliphatic rings. The van der Waals surface area contributed by atoms with Crippen molar-refractivity contribution < 1.29 is 9.59 Å². The average molecular weight is 452 g/mol. The van der Waals surface area contributed by atoms with Gasteiger partial charge in [-0.1, -0.05) is 36.9 Å². The van der Waals surface area contributed by atoms with E-state index < -0.39 is 0 Å². The Bertz CT molecular complexity index is 1380. The maximum Gasteiger partial charge on any atom is 0.253 e. The van der Waals surface area contributed by atoms with E-state index in [2.05, 4.69) is 22.1 Å². The number of rotatable bonds is 5. The number of carbonyl (C=O) groups is 2. The van der Waals surface area contributed by atoms with Crippen LogP contribution in [0.25, 0.3) is 33.2 Å². The van der Waals surface area contributed by atoms with Crippen LogP contribution in [-0.2, 0) is 4.79 Å². The first-order chi connectivity index (χ1) is 16.5. The van der Waals surface area contributed by atoms with Crippen molar-refractivity contribution in [2.45, 2.75) is 12.8 Å². The maximum absolute atomic E-state index is 12.8. The van der Waals surface area contributed by atoms with Gasteiger partial charge in [0.1, 0.15) is 0 Å². The van der Waals surface area contributed by atoms with E-state index in [1.807, 2.05) is 65.6 Å².